The van der Waals surface area contributed by atoms with Crippen molar-refractivity contribution in [1.29, 1.82) is 0 Å². The van der Waals surface area contributed by atoms with Crippen LogP contribution in [-0.2, 0) is 20.7 Å². The lowest BCUT2D eigenvalue weighted by Crippen LogP contribution is -2.18. The summed E-state index contributed by atoms with van der Waals surface area (Å²) in [5.41, 5.74) is 1.13. The third-order valence-corrected chi connectivity index (χ3v) is 3.46. The average molecular weight is 351 g/mol. The van der Waals surface area contributed by atoms with E-state index < -0.39 is 11.7 Å². The normalized spacial score (nSPS) is 10.3. The van der Waals surface area contributed by atoms with Crippen molar-refractivity contribution in [3.05, 3.63) is 58.9 Å². The van der Waals surface area contributed by atoms with Crippen LogP contribution in [0.15, 0.2) is 42.5 Å². The van der Waals surface area contributed by atoms with Crippen molar-refractivity contribution in [1.82, 2.24) is 0 Å². The summed E-state index contributed by atoms with van der Waals surface area (Å²) < 4.78 is 18.4. The van der Waals surface area contributed by atoms with Crippen LogP contribution in [0.25, 0.3) is 0 Å². The number of rotatable bonds is 6. The number of nitrogens with one attached hydrogen (secondary N) is 2. The average Bonchev–Trinajstić information content (AvgIpc) is 2.51. The molecule has 0 bridgehead atoms. The third-order valence-electron chi connectivity index (χ3n) is 3.10. The summed E-state index contributed by atoms with van der Waals surface area (Å²) in [7, 11) is 1.42. The van der Waals surface area contributed by atoms with Gasteiger partial charge in [0.2, 0.25) is 11.8 Å². The first kappa shape index (κ1) is 17.9. The molecule has 0 spiro atoms. The zero-order valence-electron chi connectivity index (χ0n) is 12.9. The van der Waals surface area contributed by atoms with Gasteiger partial charge in [-0.2, -0.15) is 0 Å². The molecular formula is C17H16ClFN2O3. The smallest absolute Gasteiger partial charge is 0.250 e. The predicted molar refractivity (Wildman–Crippen MR) is 90.7 cm³/mol. The fraction of sp³-hybridized carbons (Fsp3) is 0.176. The van der Waals surface area contributed by atoms with Crippen LogP contribution < -0.4 is 10.6 Å². The van der Waals surface area contributed by atoms with Crippen molar-refractivity contribution in [2.45, 2.75) is 6.42 Å². The van der Waals surface area contributed by atoms with Crippen molar-refractivity contribution < 1.29 is 18.7 Å². The number of carbonyl (C=O) groups excluding carboxylic acids is 2. The molecule has 126 valence electrons. The lowest BCUT2D eigenvalue weighted by atomic mass is 10.1. The highest BCUT2D eigenvalue weighted by Gasteiger charge is 2.12. The Hall–Kier alpha value is -2.44. The molecule has 5 nitrogen and oxygen atoms in total. The van der Waals surface area contributed by atoms with Crippen molar-refractivity contribution in [2.75, 3.05) is 24.4 Å². The van der Waals surface area contributed by atoms with Crippen LogP contribution in [0.2, 0.25) is 5.02 Å². The van der Waals surface area contributed by atoms with Gasteiger partial charge in [0.15, 0.2) is 0 Å². The molecule has 2 amide bonds. The minimum atomic E-state index is -0.529. The predicted octanol–water partition coefficient (Wildman–Crippen LogP) is 3.25. The minimum Gasteiger partial charge on any atom is -0.375 e. The van der Waals surface area contributed by atoms with Gasteiger partial charge in [0.1, 0.15) is 12.4 Å². The van der Waals surface area contributed by atoms with E-state index in [4.69, 9.17) is 16.3 Å². The second-order valence-electron chi connectivity index (χ2n) is 4.99. The summed E-state index contributed by atoms with van der Waals surface area (Å²) in [4.78, 5) is 23.6. The van der Waals surface area contributed by atoms with E-state index in [1.54, 1.807) is 24.3 Å². The summed E-state index contributed by atoms with van der Waals surface area (Å²) in [6, 6.07) is 10.9. The van der Waals surface area contributed by atoms with Gasteiger partial charge in [-0.1, -0.05) is 23.7 Å². The molecule has 0 aromatic heterocycles. The van der Waals surface area contributed by atoms with Gasteiger partial charge in [-0.15, -0.1) is 0 Å². The Bertz CT molecular complexity index is 732. The van der Waals surface area contributed by atoms with E-state index in [2.05, 4.69) is 10.6 Å². The number of carbonyl (C=O) groups is 2. The van der Waals surface area contributed by atoms with Gasteiger partial charge in [-0.25, -0.2) is 4.39 Å². The van der Waals surface area contributed by atoms with Crippen molar-refractivity contribution in [2.24, 2.45) is 0 Å². The zero-order chi connectivity index (χ0) is 17.5. The second-order valence-corrected chi connectivity index (χ2v) is 5.39. The van der Waals surface area contributed by atoms with E-state index in [9.17, 15) is 14.0 Å². The number of benzene rings is 2. The first-order valence-corrected chi connectivity index (χ1v) is 7.49. The number of halogens is 2. The highest BCUT2D eigenvalue weighted by atomic mass is 35.5. The largest absolute Gasteiger partial charge is 0.375 e. The van der Waals surface area contributed by atoms with Gasteiger partial charge in [0.05, 0.1) is 6.42 Å². The first-order valence-electron chi connectivity index (χ1n) is 7.11. The van der Waals surface area contributed by atoms with E-state index in [-0.39, 0.29) is 29.5 Å². The lowest BCUT2D eigenvalue weighted by Gasteiger charge is -2.10. The fourth-order valence-corrected chi connectivity index (χ4v) is 2.30. The standard InChI is InChI=1S/C17H16ClFN2O3/c1-24-10-17(23)21-12-5-2-4-11(8-12)20-16(22)9-13-14(18)6-3-7-15(13)19/h2-8H,9-10H2,1H3,(H,20,22)(H,21,23). The van der Waals surface area contributed by atoms with Crippen LogP contribution in [0.4, 0.5) is 15.8 Å². The third kappa shape index (κ3) is 5.04. The van der Waals surface area contributed by atoms with E-state index in [1.807, 2.05) is 0 Å². The van der Waals surface area contributed by atoms with E-state index in [0.29, 0.717) is 11.4 Å². The SMILES string of the molecule is COCC(=O)Nc1cccc(NC(=O)Cc2c(F)cccc2Cl)c1. The van der Waals surface area contributed by atoms with Crippen LogP contribution >= 0.6 is 11.6 Å². The van der Waals surface area contributed by atoms with Crippen molar-refractivity contribution >= 4 is 34.8 Å². The summed E-state index contributed by atoms with van der Waals surface area (Å²) in [6.45, 7) is -0.0671. The van der Waals surface area contributed by atoms with Gasteiger partial charge < -0.3 is 15.4 Å². The molecule has 0 saturated carbocycles. The molecule has 24 heavy (non-hydrogen) atoms. The molecule has 7 heteroatoms. The Morgan fingerprint density at radius 2 is 1.71 bits per heavy atom. The molecule has 0 heterocycles. The molecule has 2 rings (SSSR count). The highest BCUT2D eigenvalue weighted by molar-refractivity contribution is 6.31. The molecule has 0 saturated heterocycles. The zero-order valence-corrected chi connectivity index (χ0v) is 13.7. The molecule has 0 aliphatic heterocycles. The molecular weight excluding hydrogens is 335 g/mol. The lowest BCUT2D eigenvalue weighted by molar-refractivity contribution is -0.119. The maximum absolute atomic E-state index is 13.7. The topological polar surface area (TPSA) is 67.4 Å². The first-order chi connectivity index (χ1) is 11.5. The van der Waals surface area contributed by atoms with E-state index >= 15 is 0 Å². The Kier molecular flexibility index (Phi) is 6.28. The number of methoxy groups -OCH3 is 1. The van der Waals surface area contributed by atoms with E-state index in [1.165, 1.54) is 25.3 Å². The number of amides is 2. The van der Waals surface area contributed by atoms with Crippen LogP contribution in [0.1, 0.15) is 5.56 Å². The van der Waals surface area contributed by atoms with Crippen LogP contribution in [-0.4, -0.2) is 25.5 Å². The summed E-state index contributed by atoms with van der Waals surface area (Å²) in [5.74, 6) is -1.25. The number of anilines is 2. The Labute approximate surface area is 143 Å². The summed E-state index contributed by atoms with van der Waals surface area (Å²) in [5, 5.41) is 5.47. The quantitative estimate of drug-likeness (QED) is 0.840. The molecule has 0 aliphatic rings. The summed E-state index contributed by atoms with van der Waals surface area (Å²) in [6.07, 6.45) is -0.189. The molecule has 0 atom stereocenters. The van der Waals surface area contributed by atoms with Gasteiger partial charge in [0, 0.05) is 29.1 Å². The highest BCUT2D eigenvalue weighted by Crippen LogP contribution is 2.20. The molecule has 0 fully saturated rings. The van der Waals surface area contributed by atoms with Crippen molar-refractivity contribution in [3.8, 4) is 0 Å². The van der Waals surface area contributed by atoms with Crippen LogP contribution in [0, 0.1) is 5.82 Å². The van der Waals surface area contributed by atoms with Gasteiger partial charge in [-0.3, -0.25) is 9.59 Å². The molecule has 0 radical (unpaired) electrons. The number of hydrogen-bond donors (Lipinski definition) is 2. The molecule has 2 aromatic carbocycles. The Morgan fingerprint density at radius 3 is 2.33 bits per heavy atom. The number of hydrogen-bond acceptors (Lipinski definition) is 3. The summed E-state index contributed by atoms with van der Waals surface area (Å²) >= 11 is 5.91. The molecule has 2 N–H and O–H groups in total. The Morgan fingerprint density at radius 1 is 1.08 bits per heavy atom. The maximum Gasteiger partial charge on any atom is 0.250 e. The molecule has 0 aliphatic carbocycles. The minimum absolute atomic E-state index is 0.0671. The fourth-order valence-electron chi connectivity index (χ4n) is 2.07. The van der Waals surface area contributed by atoms with Crippen LogP contribution in [0.5, 0.6) is 0 Å². The second kappa shape index (κ2) is 8.42. The van der Waals surface area contributed by atoms with E-state index in [0.717, 1.165) is 0 Å². The van der Waals surface area contributed by atoms with Gasteiger partial charge >= 0.3 is 0 Å². The number of ether oxygens (including phenoxy) is 1. The maximum atomic E-state index is 13.7. The van der Waals surface area contributed by atoms with Gasteiger partial charge in [-0.05, 0) is 30.3 Å². The van der Waals surface area contributed by atoms with Crippen molar-refractivity contribution in [3.63, 3.8) is 0 Å². The van der Waals surface area contributed by atoms with Crippen LogP contribution in [0.3, 0.4) is 0 Å². The molecule has 0 unspecified atom stereocenters. The Balaban J connectivity index is 2.03. The molecule has 2 aromatic rings. The monoisotopic (exact) mass is 350 g/mol. The van der Waals surface area contributed by atoms with Gasteiger partial charge in [0.25, 0.3) is 0 Å².